The van der Waals surface area contributed by atoms with Crippen LogP contribution in [0.4, 0.5) is 0 Å². The maximum atomic E-state index is 13.1. The maximum Gasteiger partial charge on any atom is 0.339 e. The Balaban J connectivity index is 1.77. The first-order valence-corrected chi connectivity index (χ1v) is 9.89. The lowest BCUT2D eigenvalue weighted by molar-refractivity contribution is 0.0473. The van der Waals surface area contributed by atoms with Gasteiger partial charge in [-0.1, -0.05) is 35.0 Å². The third kappa shape index (κ3) is 3.58. The number of nitrogens with zero attached hydrogens (tertiary/aromatic N) is 4. The molecule has 30 heavy (non-hydrogen) atoms. The highest BCUT2D eigenvalue weighted by molar-refractivity contribution is 6.03. The van der Waals surface area contributed by atoms with Crippen molar-refractivity contribution in [3.63, 3.8) is 0 Å². The molecule has 0 aliphatic heterocycles. The molecule has 0 fully saturated rings. The Hall–Kier alpha value is -3.48. The van der Waals surface area contributed by atoms with Crippen LogP contribution in [0.15, 0.2) is 41.1 Å². The number of carbonyl (C=O) groups excluding carboxylic acids is 1. The smallest absolute Gasteiger partial charge is 0.339 e. The topological polar surface area (TPSA) is 83.0 Å². The number of aromatic nitrogens is 4. The van der Waals surface area contributed by atoms with Gasteiger partial charge in [-0.15, -0.1) is 0 Å². The maximum absolute atomic E-state index is 13.1. The fourth-order valence-corrected chi connectivity index (χ4v) is 3.36. The zero-order valence-electron chi connectivity index (χ0n) is 17.8. The number of ether oxygens (including phenoxy) is 1. The van der Waals surface area contributed by atoms with Crippen molar-refractivity contribution in [2.45, 2.75) is 47.3 Å². The molecular weight excluding hydrogens is 380 g/mol. The fourth-order valence-electron chi connectivity index (χ4n) is 3.36. The SMILES string of the molecule is Cc1ccc(-c2cc(C(=O)OCc3c(C)noc3C)c3cnn(C(C)C)c3n2)cc1. The number of aryl methyl sites for hydroxylation is 3. The van der Waals surface area contributed by atoms with Crippen LogP contribution in [0.3, 0.4) is 0 Å². The lowest BCUT2D eigenvalue weighted by Crippen LogP contribution is -2.09. The van der Waals surface area contributed by atoms with Crippen LogP contribution < -0.4 is 0 Å². The van der Waals surface area contributed by atoms with Gasteiger partial charge in [-0.25, -0.2) is 14.5 Å². The molecule has 0 aliphatic carbocycles. The molecule has 7 heteroatoms. The first-order valence-electron chi connectivity index (χ1n) is 9.89. The van der Waals surface area contributed by atoms with Gasteiger partial charge in [0, 0.05) is 11.6 Å². The molecule has 0 spiro atoms. The normalized spacial score (nSPS) is 11.4. The van der Waals surface area contributed by atoms with Gasteiger partial charge in [-0.05, 0) is 40.7 Å². The van der Waals surface area contributed by atoms with Gasteiger partial charge in [0.05, 0.1) is 34.1 Å². The first-order chi connectivity index (χ1) is 14.3. The van der Waals surface area contributed by atoms with E-state index in [1.54, 1.807) is 19.2 Å². The number of esters is 1. The van der Waals surface area contributed by atoms with E-state index < -0.39 is 5.97 Å². The summed E-state index contributed by atoms with van der Waals surface area (Å²) in [6.07, 6.45) is 1.67. The lowest BCUT2D eigenvalue weighted by atomic mass is 10.1. The van der Waals surface area contributed by atoms with E-state index in [9.17, 15) is 4.79 Å². The summed E-state index contributed by atoms with van der Waals surface area (Å²) >= 11 is 0. The van der Waals surface area contributed by atoms with Crippen LogP contribution in [-0.4, -0.2) is 25.9 Å². The minimum atomic E-state index is -0.431. The molecule has 0 bridgehead atoms. The number of benzene rings is 1. The number of pyridine rings is 1. The molecule has 0 amide bonds. The van der Waals surface area contributed by atoms with E-state index in [-0.39, 0.29) is 12.6 Å². The van der Waals surface area contributed by atoms with Crippen LogP contribution in [0.2, 0.25) is 0 Å². The van der Waals surface area contributed by atoms with E-state index in [0.717, 1.165) is 16.7 Å². The number of rotatable bonds is 5. The van der Waals surface area contributed by atoms with Crippen molar-refractivity contribution in [2.75, 3.05) is 0 Å². The molecule has 0 radical (unpaired) electrons. The van der Waals surface area contributed by atoms with Crippen molar-refractivity contribution in [1.82, 2.24) is 19.9 Å². The number of carbonyl (C=O) groups is 1. The summed E-state index contributed by atoms with van der Waals surface area (Å²) in [7, 11) is 0. The van der Waals surface area contributed by atoms with Crippen LogP contribution in [0.25, 0.3) is 22.3 Å². The highest BCUT2D eigenvalue weighted by Gasteiger charge is 2.20. The Morgan fingerprint density at radius 1 is 1.17 bits per heavy atom. The van der Waals surface area contributed by atoms with Gasteiger partial charge >= 0.3 is 5.97 Å². The van der Waals surface area contributed by atoms with Crippen molar-refractivity contribution in [3.05, 3.63) is 64.7 Å². The highest BCUT2D eigenvalue weighted by atomic mass is 16.5. The predicted octanol–water partition coefficient (Wildman–Crippen LogP) is 4.95. The van der Waals surface area contributed by atoms with E-state index in [1.165, 1.54) is 0 Å². The van der Waals surface area contributed by atoms with Gasteiger partial charge in [-0.3, -0.25) is 0 Å². The lowest BCUT2D eigenvalue weighted by Gasteiger charge is -2.11. The van der Waals surface area contributed by atoms with Gasteiger partial charge in [0.15, 0.2) is 5.65 Å². The number of hydrogen-bond donors (Lipinski definition) is 0. The van der Waals surface area contributed by atoms with Crippen LogP contribution in [0.1, 0.15) is 52.8 Å². The summed E-state index contributed by atoms with van der Waals surface area (Å²) in [5.41, 5.74) is 5.39. The molecule has 154 valence electrons. The molecule has 0 aliphatic rings. The van der Waals surface area contributed by atoms with Gasteiger partial charge in [0.2, 0.25) is 0 Å². The van der Waals surface area contributed by atoms with Crippen molar-refractivity contribution in [1.29, 1.82) is 0 Å². The summed E-state index contributed by atoms with van der Waals surface area (Å²) in [4.78, 5) is 17.9. The van der Waals surface area contributed by atoms with Gasteiger partial charge in [0.1, 0.15) is 12.4 Å². The molecule has 4 rings (SSSR count). The van der Waals surface area contributed by atoms with Crippen molar-refractivity contribution < 1.29 is 14.1 Å². The Bertz CT molecular complexity index is 1200. The van der Waals surface area contributed by atoms with Gasteiger partial charge < -0.3 is 9.26 Å². The largest absolute Gasteiger partial charge is 0.457 e. The Morgan fingerprint density at radius 2 is 1.90 bits per heavy atom. The van der Waals surface area contributed by atoms with Gasteiger partial charge in [0.25, 0.3) is 0 Å². The molecule has 0 atom stereocenters. The predicted molar refractivity (Wildman–Crippen MR) is 113 cm³/mol. The molecule has 7 nitrogen and oxygen atoms in total. The van der Waals surface area contributed by atoms with E-state index in [4.69, 9.17) is 14.2 Å². The van der Waals surface area contributed by atoms with Crippen molar-refractivity contribution >= 4 is 17.0 Å². The summed E-state index contributed by atoms with van der Waals surface area (Å²) in [5.74, 6) is 0.215. The average molecular weight is 404 g/mol. The second-order valence-corrected chi connectivity index (χ2v) is 7.72. The van der Waals surface area contributed by atoms with Gasteiger partial charge in [-0.2, -0.15) is 5.10 Å². The zero-order valence-corrected chi connectivity index (χ0v) is 17.8. The number of hydrogen-bond acceptors (Lipinski definition) is 6. The minimum absolute atomic E-state index is 0.0992. The molecule has 3 aromatic heterocycles. The molecule has 0 N–H and O–H groups in total. The molecular formula is C23H24N4O3. The standard InChI is InChI=1S/C23H24N4O3/c1-13(2)27-22-19(11-24-27)18(10-21(25-22)17-8-6-14(3)7-9-17)23(28)29-12-20-15(4)26-30-16(20)5/h6-11,13H,12H2,1-5H3. The van der Waals surface area contributed by atoms with E-state index in [2.05, 4.69) is 10.3 Å². The Morgan fingerprint density at radius 3 is 2.53 bits per heavy atom. The quantitative estimate of drug-likeness (QED) is 0.438. The number of fused-ring (bicyclic) bond motifs is 1. The second kappa shape index (κ2) is 7.74. The van der Waals surface area contributed by atoms with Crippen molar-refractivity contribution in [2.24, 2.45) is 0 Å². The third-order valence-electron chi connectivity index (χ3n) is 5.15. The summed E-state index contributed by atoms with van der Waals surface area (Å²) in [6.45, 7) is 9.82. The minimum Gasteiger partial charge on any atom is -0.457 e. The molecule has 1 aromatic carbocycles. The summed E-state index contributed by atoms with van der Waals surface area (Å²) in [5, 5.41) is 9.03. The van der Waals surface area contributed by atoms with Crippen LogP contribution in [0.5, 0.6) is 0 Å². The van der Waals surface area contributed by atoms with E-state index >= 15 is 0 Å². The van der Waals surface area contributed by atoms with E-state index in [0.29, 0.717) is 33.7 Å². The fraction of sp³-hybridized carbons (Fsp3) is 0.304. The Labute approximate surface area is 174 Å². The Kier molecular flexibility index (Phi) is 5.11. The third-order valence-corrected chi connectivity index (χ3v) is 5.15. The van der Waals surface area contributed by atoms with Crippen LogP contribution in [-0.2, 0) is 11.3 Å². The molecule has 0 saturated heterocycles. The average Bonchev–Trinajstić information content (AvgIpc) is 3.29. The molecule has 0 saturated carbocycles. The van der Waals surface area contributed by atoms with Crippen LogP contribution >= 0.6 is 0 Å². The monoisotopic (exact) mass is 404 g/mol. The van der Waals surface area contributed by atoms with E-state index in [1.807, 2.05) is 56.6 Å². The van der Waals surface area contributed by atoms with Crippen molar-refractivity contribution in [3.8, 4) is 11.3 Å². The summed E-state index contributed by atoms with van der Waals surface area (Å²) < 4.78 is 12.6. The highest BCUT2D eigenvalue weighted by Crippen LogP contribution is 2.27. The van der Waals surface area contributed by atoms with Crippen LogP contribution in [0, 0.1) is 20.8 Å². The molecule has 3 heterocycles. The zero-order chi connectivity index (χ0) is 21.4. The molecule has 4 aromatic rings. The molecule has 0 unspecified atom stereocenters. The first kappa shape index (κ1) is 19.8. The second-order valence-electron chi connectivity index (χ2n) is 7.72. The summed E-state index contributed by atoms with van der Waals surface area (Å²) in [6, 6.07) is 9.92.